The summed E-state index contributed by atoms with van der Waals surface area (Å²) < 4.78 is 0. The highest BCUT2D eigenvalue weighted by Gasteiger charge is 1.93. The van der Waals surface area contributed by atoms with E-state index in [-0.39, 0.29) is 0 Å². The summed E-state index contributed by atoms with van der Waals surface area (Å²) in [4.78, 5) is 71.1. The molecule has 92 heavy (non-hydrogen) atoms. The lowest BCUT2D eigenvalue weighted by Crippen LogP contribution is -1.92. The summed E-state index contributed by atoms with van der Waals surface area (Å²) in [6.07, 6.45) is 35.2. The first-order valence-electron chi connectivity index (χ1n) is 29.4. The van der Waals surface area contributed by atoms with Gasteiger partial charge < -0.3 is 0 Å². The number of hydrogen-bond donors (Lipinski definition) is 0. The summed E-state index contributed by atoms with van der Waals surface area (Å²) in [5.41, 5.74) is 17.3. The van der Waals surface area contributed by atoms with E-state index in [2.05, 4.69) is 106 Å². The van der Waals surface area contributed by atoms with Crippen LogP contribution in [0.5, 0.6) is 0 Å². The molecule has 0 radical (unpaired) electrons. The Kier molecular flexibility index (Phi) is 42.3. The van der Waals surface area contributed by atoms with Gasteiger partial charge in [-0.3, -0.25) is 39.9 Å². The number of nitrogens with zero attached hydrogens (tertiary/aromatic N) is 20. The predicted molar refractivity (Wildman–Crippen MR) is 368 cm³/mol. The Morgan fingerprint density at radius 3 is 0.924 bits per heavy atom. The molecule has 20 nitrogen and oxygen atoms in total. The molecule has 12 rings (SSSR count). The SMILES string of the molecule is Cc1ccc(C)nc1.Cc1ccc(C)nn1.Cc1cccc(C)n1.Cc1cccnc1.Cc1ccncc1.Cc1cnc(C)cn1.Cc1cnc(C)nc1.Cc1cnc(C)nc1.Cc1cnccn1.Cc1cncnc1.Cc1ncc(C)c(C)n1.Cc1ncccn1. The fourth-order valence-corrected chi connectivity index (χ4v) is 5.70. The van der Waals surface area contributed by atoms with E-state index in [4.69, 9.17) is 0 Å². The lowest BCUT2D eigenvalue weighted by Gasteiger charge is -1.96. The van der Waals surface area contributed by atoms with Crippen LogP contribution in [0.15, 0.2) is 197 Å². The highest BCUT2D eigenvalue weighted by atomic mass is 15.1. The Morgan fingerprint density at radius 1 is 0.207 bits per heavy atom. The van der Waals surface area contributed by atoms with Crippen molar-refractivity contribution in [2.45, 2.75) is 138 Å². The summed E-state index contributed by atoms with van der Waals surface area (Å²) in [5.74, 6) is 3.33. The summed E-state index contributed by atoms with van der Waals surface area (Å²) in [6.45, 7) is 39.1. The molecule has 0 aliphatic carbocycles. The fourth-order valence-electron chi connectivity index (χ4n) is 5.70. The van der Waals surface area contributed by atoms with Crippen molar-refractivity contribution in [2.24, 2.45) is 0 Å². The van der Waals surface area contributed by atoms with E-state index in [1.807, 2.05) is 243 Å². The van der Waals surface area contributed by atoms with E-state index in [9.17, 15) is 0 Å². The third-order valence-electron chi connectivity index (χ3n) is 10.8. The van der Waals surface area contributed by atoms with Gasteiger partial charge in [0.15, 0.2) is 0 Å². The molecule has 12 aromatic rings. The second-order valence-electron chi connectivity index (χ2n) is 20.4. The van der Waals surface area contributed by atoms with Gasteiger partial charge in [-0.15, -0.1) is 0 Å². The largest absolute Gasteiger partial charge is 0.265 e. The highest BCUT2D eigenvalue weighted by Crippen LogP contribution is 2.00. The van der Waals surface area contributed by atoms with Gasteiger partial charge in [0.2, 0.25) is 0 Å². The van der Waals surface area contributed by atoms with E-state index < -0.39 is 0 Å². The maximum atomic E-state index is 4.17. The van der Waals surface area contributed by atoms with Crippen molar-refractivity contribution < 1.29 is 0 Å². The summed E-state index contributed by atoms with van der Waals surface area (Å²) >= 11 is 0. The molecule has 0 fully saturated rings. The van der Waals surface area contributed by atoms with Crippen LogP contribution in [0.2, 0.25) is 0 Å². The van der Waals surface area contributed by atoms with Gasteiger partial charge in [-0.05, 0) is 232 Å². The van der Waals surface area contributed by atoms with Crippen molar-refractivity contribution in [1.29, 1.82) is 0 Å². The number of aryl methyl sites for hydroxylation is 20. The number of rotatable bonds is 0. The van der Waals surface area contributed by atoms with Crippen molar-refractivity contribution in [2.75, 3.05) is 0 Å². The Hall–Kier alpha value is -10.8. The van der Waals surface area contributed by atoms with E-state index in [0.717, 1.165) is 96.8 Å². The minimum Gasteiger partial charge on any atom is -0.265 e. The van der Waals surface area contributed by atoms with Crippen LogP contribution < -0.4 is 0 Å². The third kappa shape index (κ3) is 46.4. The Bertz CT molecular complexity index is 3100. The summed E-state index contributed by atoms with van der Waals surface area (Å²) in [5, 5.41) is 7.66. The van der Waals surface area contributed by atoms with Crippen molar-refractivity contribution in [1.82, 2.24) is 99.9 Å². The van der Waals surface area contributed by atoms with Gasteiger partial charge in [0.05, 0.1) is 28.5 Å². The van der Waals surface area contributed by atoms with Crippen LogP contribution in [0.1, 0.15) is 113 Å². The zero-order chi connectivity index (χ0) is 68.3. The fraction of sp³-hybridized carbons (Fsp3) is 0.278. The topological polar surface area (TPSA) is 258 Å². The molecule has 12 heterocycles. The molecule has 480 valence electrons. The van der Waals surface area contributed by atoms with Gasteiger partial charge >= 0.3 is 0 Å². The van der Waals surface area contributed by atoms with Gasteiger partial charge in [-0.25, -0.2) is 49.8 Å². The van der Waals surface area contributed by atoms with Crippen LogP contribution in [-0.2, 0) is 0 Å². The maximum Gasteiger partial charge on any atom is 0.125 e. The van der Waals surface area contributed by atoms with E-state index >= 15 is 0 Å². The molecule has 0 atom stereocenters. The lowest BCUT2D eigenvalue weighted by atomic mass is 10.3. The quantitative estimate of drug-likeness (QED) is 0.137. The van der Waals surface area contributed by atoms with Gasteiger partial charge in [0.25, 0.3) is 0 Å². The molecule has 0 amide bonds. The van der Waals surface area contributed by atoms with E-state index in [1.165, 1.54) is 23.0 Å². The minimum absolute atomic E-state index is 0.822. The number of hydrogen-bond acceptors (Lipinski definition) is 20. The molecule has 12 aromatic heterocycles. The molecular weight excluding hydrogens is 1140 g/mol. The predicted octanol–water partition coefficient (Wildman–Crippen LogP) is 14.3. The normalized spacial score (nSPS) is 9.09. The molecule has 0 unspecified atom stereocenters. The second kappa shape index (κ2) is 49.2. The molecule has 0 N–H and O–H groups in total. The van der Waals surface area contributed by atoms with Gasteiger partial charge in [0.1, 0.15) is 29.6 Å². The molecule has 0 aromatic carbocycles. The monoisotopic (exact) mass is 1240 g/mol. The molecule has 0 aliphatic rings. The van der Waals surface area contributed by atoms with Crippen molar-refractivity contribution in [3.8, 4) is 0 Å². The lowest BCUT2D eigenvalue weighted by molar-refractivity contribution is 0.941. The third-order valence-corrected chi connectivity index (χ3v) is 10.8. The number of aromatic nitrogens is 20. The Balaban J connectivity index is 0.000000502. The number of pyridine rings is 4. The zero-order valence-electron chi connectivity index (χ0n) is 57.4. The highest BCUT2D eigenvalue weighted by molar-refractivity contribution is 5.14. The van der Waals surface area contributed by atoms with Gasteiger partial charge in [0, 0.05) is 141 Å². The van der Waals surface area contributed by atoms with Crippen LogP contribution >= 0.6 is 0 Å². The Labute approximate surface area is 546 Å². The van der Waals surface area contributed by atoms with Crippen LogP contribution in [0.3, 0.4) is 0 Å². The van der Waals surface area contributed by atoms with E-state index in [0.29, 0.717) is 0 Å². The minimum atomic E-state index is 0.822. The smallest absolute Gasteiger partial charge is 0.125 e. The van der Waals surface area contributed by atoms with Crippen molar-refractivity contribution in [3.05, 3.63) is 310 Å². The van der Waals surface area contributed by atoms with E-state index in [1.54, 1.807) is 80.4 Å². The van der Waals surface area contributed by atoms with Crippen LogP contribution in [0.25, 0.3) is 0 Å². The maximum absolute atomic E-state index is 4.17. The molecule has 0 saturated heterocycles. The average Bonchev–Trinajstić information content (AvgIpc) is 3.27. The summed E-state index contributed by atoms with van der Waals surface area (Å²) in [6, 6.07) is 23.6. The van der Waals surface area contributed by atoms with Crippen LogP contribution in [-0.4, -0.2) is 99.9 Å². The summed E-state index contributed by atoms with van der Waals surface area (Å²) in [7, 11) is 0. The first kappa shape index (κ1) is 79.3. The molecule has 0 aliphatic heterocycles. The molecule has 0 saturated carbocycles. The van der Waals surface area contributed by atoms with Crippen LogP contribution in [0, 0.1) is 138 Å². The molecular formula is C72H92N20. The van der Waals surface area contributed by atoms with Gasteiger partial charge in [-0.2, -0.15) is 10.2 Å². The first-order chi connectivity index (χ1) is 43.9. The average molecular weight is 1240 g/mol. The standard InChI is InChI=1S/C7H10N2.2C7H9N.4C6H8N2.2C6H7N.3C5H6N2/c1-5-4-8-7(3)9-6(5)2;1-6-3-4-7(2)8-5-6;1-6-4-3-5-7(2)8-6;1-5-3-8-6(2)4-7-5;2*1-5-3-7-6(2)8-4-5;1-5-3-4-6(2)8-7-5;1-6-2-4-7-5-3-6;1-6-3-2-4-7-5-6;1-5-2-6-4-7-3-5;1-5-4-6-2-3-7-5;1-5-6-3-2-4-7-5/h4H,1-3H3;2*3-5H,1-2H3;4*3-4H,1-2H3;2*2-5H,1H3;3*2-4H,1H3. The van der Waals surface area contributed by atoms with Crippen molar-refractivity contribution in [3.63, 3.8) is 0 Å². The second-order valence-corrected chi connectivity index (χ2v) is 20.4. The van der Waals surface area contributed by atoms with Crippen molar-refractivity contribution >= 4 is 0 Å². The molecule has 0 bridgehead atoms. The first-order valence-corrected chi connectivity index (χ1v) is 29.4. The molecule has 0 spiro atoms. The van der Waals surface area contributed by atoms with Crippen LogP contribution in [0.4, 0.5) is 0 Å². The zero-order valence-corrected chi connectivity index (χ0v) is 57.4. The Morgan fingerprint density at radius 2 is 0.641 bits per heavy atom. The molecule has 20 heteroatoms. The van der Waals surface area contributed by atoms with Gasteiger partial charge in [-0.1, -0.05) is 18.2 Å².